The van der Waals surface area contributed by atoms with Gasteiger partial charge in [0.05, 0.1) is 13.2 Å². The first-order chi connectivity index (χ1) is 7.61. The van der Waals surface area contributed by atoms with Crippen molar-refractivity contribution in [1.29, 1.82) is 0 Å². The summed E-state index contributed by atoms with van der Waals surface area (Å²) in [4.78, 5) is 15.1. The number of rotatable bonds is 3. The van der Waals surface area contributed by atoms with Crippen LogP contribution in [0.4, 0.5) is 0 Å². The van der Waals surface area contributed by atoms with Crippen LogP contribution in [-0.4, -0.2) is 66.2 Å². The maximum atomic E-state index is 11.3. The van der Waals surface area contributed by atoms with Gasteiger partial charge in [-0.15, -0.1) is 0 Å². The molecule has 0 aromatic heterocycles. The van der Waals surface area contributed by atoms with E-state index in [1.54, 1.807) is 30.8 Å². The first-order valence-electron chi connectivity index (χ1n) is 5.31. The van der Waals surface area contributed by atoms with Crippen molar-refractivity contribution in [2.75, 3.05) is 46.2 Å². The Hall–Kier alpha value is -0.330. The van der Waals surface area contributed by atoms with E-state index in [2.05, 4.69) is 4.90 Å². The molecule has 0 aliphatic carbocycles. The molecule has 4 nitrogen and oxygen atoms in total. The molecule has 16 heavy (non-hydrogen) atoms. The molecule has 1 aliphatic heterocycles. The number of carbonyl (C=O) groups is 1. The lowest BCUT2D eigenvalue weighted by molar-refractivity contribution is -0.128. The third-order valence-corrected chi connectivity index (χ3v) is 3.83. The summed E-state index contributed by atoms with van der Waals surface area (Å²) in [6.07, 6.45) is 0.544. The summed E-state index contributed by atoms with van der Waals surface area (Å²) >= 11 is 6.88. The standard InChI is InChI=1S/C10H18N2O2S2/c1-11(2)9(13)3-8-16-10(15)12-4-6-14-7-5-12/h3-8H2,1-2H3. The molecule has 0 spiro atoms. The predicted molar refractivity (Wildman–Crippen MR) is 70.8 cm³/mol. The van der Waals surface area contributed by atoms with Crippen LogP contribution in [0.3, 0.4) is 0 Å². The van der Waals surface area contributed by atoms with Crippen LogP contribution in [0, 0.1) is 0 Å². The first-order valence-corrected chi connectivity index (χ1v) is 6.70. The van der Waals surface area contributed by atoms with E-state index in [1.165, 1.54) is 0 Å². The second kappa shape index (κ2) is 7.09. The van der Waals surface area contributed by atoms with Crippen molar-refractivity contribution in [2.45, 2.75) is 6.42 Å². The van der Waals surface area contributed by atoms with E-state index in [-0.39, 0.29) is 5.91 Å². The van der Waals surface area contributed by atoms with Crippen LogP contribution in [0.1, 0.15) is 6.42 Å². The van der Waals surface area contributed by atoms with Crippen LogP contribution < -0.4 is 0 Å². The molecule has 1 rings (SSSR count). The highest BCUT2D eigenvalue weighted by atomic mass is 32.2. The fourth-order valence-corrected chi connectivity index (χ4v) is 2.54. The van der Waals surface area contributed by atoms with Gasteiger partial charge in [0.25, 0.3) is 0 Å². The normalized spacial score (nSPS) is 16.0. The Balaban J connectivity index is 2.17. The van der Waals surface area contributed by atoms with Gasteiger partial charge in [-0.1, -0.05) is 24.0 Å². The molecular formula is C10H18N2O2S2. The molecular weight excluding hydrogens is 244 g/mol. The molecule has 0 aromatic carbocycles. The topological polar surface area (TPSA) is 32.8 Å². The van der Waals surface area contributed by atoms with Crippen LogP contribution >= 0.6 is 24.0 Å². The Morgan fingerprint density at radius 3 is 2.62 bits per heavy atom. The second-order valence-electron chi connectivity index (χ2n) is 3.75. The summed E-state index contributed by atoms with van der Waals surface area (Å²) in [6.45, 7) is 3.23. The molecule has 0 saturated carbocycles. The van der Waals surface area contributed by atoms with Gasteiger partial charge in [0.2, 0.25) is 5.91 Å². The van der Waals surface area contributed by atoms with Crippen molar-refractivity contribution < 1.29 is 9.53 Å². The molecule has 0 radical (unpaired) electrons. The minimum atomic E-state index is 0.150. The zero-order chi connectivity index (χ0) is 12.0. The maximum absolute atomic E-state index is 11.3. The number of ether oxygens (including phenoxy) is 1. The molecule has 0 N–H and O–H groups in total. The molecule has 0 bridgehead atoms. The predicted octanol–water partition coefficient (Wildman–Crippen LogP) is 0.815. The van der Waals surface area contributed by atoms with E-state index < -0.39 is 0 Å². The van der Waals surface area contributed by atoms with Gasteiger partial charge in [-0.3, -0.25) is 4.79 Å². The molecule has 1 heterocycles. The van der Waals surface area contributed by atoms with E-state index in [0.717, 1.165) is 36.4 Å². The zero-order valence-electron chi connectivity index (χ0n) is 9.77. The van der Waals surface area contributed by atoms with Crippen LogP contribution in [0.2, 0.25) is 0 Å². The van der Waals surface area contributed by atoms with Crippen molar-refractivity contribution in [1.82, 2.24) is 9.80 Å². The van der Waals surface area contributed by atoms with Crippen molar-refractivity contribution >= 4 is 34.2 Å². The minimum Gasteiger partial charge on any atom is -0.378 e. The second-order valence-corrected chi connectivity index (χ2v) is 5.48. The molecule has 0 atom stereocenters. The van der Waals surface area contributed by atoms with Crippen LogP contribution in [0.25, 0.3) is 0 Å². The van der Waals surface area contributed by atoms with Crippen molar-refractivity contribution in [3.05, 3.63) is 0 Å². The maximum Gasteiger partial charge on any atom is 0.222 e. The molecule has 1 amide bonds. The van der Waals surface area contributed by atoms with Gasteiger partial charge in [-0.25, -0.2) is 0 Å². The highest BCUT2D eigenvalue weighted by molar-refractivity contribution is 8.22. The van der Waals surface area contributed by atoms with Gasteiger partial charge >= 0.3 is 0 Å². The van der Waals surface area contributed by atoms with Gasteiger partial charge < -0.3 is 14.5 Å². The molecule has 92 valence electrons. The van der Waals surface area contributed by atoms with E-state index >= 15 is 0 Å². The quantitative estimate of drug-likeness (QED) is 0.703. The van der Waals surface area contributed by atoms with Crippen LogP contribution in [-0.2, 0) is 9.53 Å². The largest absolute Gasteiger partial charge is 0.378 e. The lowest BCUT2D eigenvalue weighted by atomic mass is 10.4. The number of thiocarbonyl (C=S) groups is 1. The Morgan fingerprint density at radius 2 is 2.06 bits per heavy atom. The zero-order valence-corrected chi connectivity index (χ0v) is 11.4. The smallest absolute Gasteiger partial charge is 0.222 e. The summed E-state index contributed by atoms with van der Waals surface area (Å²) in [5, 5.41) is 0. The third kappa shape index (κ3) is 4.67. The molecule has 0 unspecified atom stereocenters. The van der Waals surface area contributed by atoms with Crippen molar-refractivity contribution in [3.63, 3.8) is 0 Å². The minimum absolute atomic E-state index is 0.150. The van der Waals surface area contributed by atoms with Gasteiger partial charge in [0, 0.05) is 39.4 Å². The third-order valence-electron chi connectivity index (χ3n) is 2.31. The summed E-state index contributed by atoms with van der Waals surface area (Å²) in [7, 11) is 3.54. The summed E-state index contributed by atoms with van der Waals surface area (Å²) in [5.41, 5.74) is 0. The summed E-state index contributed by atoms with van der Waals surface area (Å²) < 4.78 is 6.14. The average molecular weight is 262 g/mol. The molecule has 1 aliphatic rings. The molecule has 0 aromatic rings. The molecule has 1 fully saturated rings. The van der Waals surface area contributed by atoms with E-state index in [1.807, 2.05) is 0 Å². The highest BCUT2D eigenvalue weighted by Gasteiger charge is 2.14. The van der Waals surface area contributed by atoms with E-state index in [4.69, 9.17) is 17.0 Å². The fourth-order valence-electron chi connectivity index (χ4n) is 1.29. The number of thioether (sulfide) groups is 1. The highest BCUT2D eigenvalue weighted by Crippen LogP contribution is 2.12. The van der Waals surface area contributed by atoms with Gasteiger partial charge in [-0.05, 0) is 0 Å². The summed E-state index contributed by atoms with van der Waals surface area (Å²) in [6, 6.07) is 0. The first kappa shape index (κ1) is 13.7. The Kier molecular flexibility index (Phi) is 6.08. The van der Waals surface area contributed by atoms with Gasteiger partial charge in [0.15, 0.2) is 0 Å². The van der Waals surface area contributed by atoms with Crippen LogP contribution in [0.15, 0.2) is 0 Å². The van der Waals surface area contributed by atoms with Gasteiger partial charge in [-0.2, -0.15) is 0 Å². The Bertz CT molecular complexity index is 253. The van der Waals surface area contributed by atoms with E-state index in [0.29, 0.717) is 6.42 Å². The number of hydrogen-bond acceptors (Lipinski definition) is 4. The molecule has 6 heteroatoms. The number of amides is 1. The SMILES string of the molecule is CN(C)C(=O)CCSC(=S)N1CCOCC1. The van der Waals surface area contributed by atoms with Gasteiger partial charge in [0.1, 0.15) is 4.32 Å². The summed E-state index contributed by atoms with van der Waals surface area (Å²) in [5.74, 6) is 0.907. The monoisotopic (exact) mass is 262 g/mol. The molecule has 1 saturated heterocycles. The number of nitrogens with zero attached hydrogens (tertiary/aromatic N) is 2. The number of morpholine rings is 1. The Labute approximate surface area is 106 Å². The fraction of sp³-hybridized carbons (Fsp3) is 0.800. The lowest BCUT2D eigenvalue weighted by Gasteiger charge is -2.28. The van der Waals surface area contributed by atoms with Crippen molar-refractivity contribution in [3.8, 4) is 0 Å². The van der Waals surface area contributed by atoms with Crippen LogP contribution in [0.5, 0.6) is 0 Å². The lowest BCUT2D eigenvalue weighted by Crippen LogP contribution is -2.38. The number of hydrogen-bond donors (Lipinski definition) is 0. The Morgan fingerprint density at radius 1 is 1.44 bits per heavy atom. The average Bonchev–Trinajstić information content (AvgIpc) is 2.29. The van der Waals surface area contributed by atoms with E-state index in [9.17, 15) is 4.79 Å². The number of carbonyl (C=O) groups excluding carboxylic acids is 1. The van der Waals surface area contributed by atoms with Crippen molar-refractivity contribution in [2.24, 2.45) is 0 Å².